The largest absolute Gasteiger partial charge is 0.457 e. The molecule has 3 rings (SSSR count). The number of hydrogen-bond donors (Lipinski definition) is 1. The van der Waals surface area contributed by atoms with Gasteiger partial charge in [0.25, 0.3) is 11.7 Å². The van der Waals surface area contributed by atoms with Crippen molar-refractivity contribution in [1.29, 1.82) is 0 Å². The van der Waals surface area contributed by atoms with Crippen LogP contribution in [0.4, 0.5) is 5.69 Å². The maximum Gasteiger partial charge on any atom is 0.273 e. The summed E-state index contributed by atoms with van der Waals surface area (Å²) in [5.74, 6) is 0.0301. The van der Waals surface area contributed by atoms with Gasteiger partial charge >= 0.3 is 0 Å². The second-order valence-electron chi connectivity index (χ2n) is 6.20. The summed E-state index contributed by atoms with van der Waals surface area (Å²) in [7, 11) is 0. The molecule has 0 saturated carbocycles. The van der Waals surface area contributed by atoms with Gasteiger partial charge < -0.3 is 10.1 Å². The van der Waals surface area contributed by atoms with Crippen LogP contribution in [0, 0.1) is 20.8 Å². The van der Waals surface area contributed by atoms with Crippen LogP contribution in [0.3, 0.4) is 0 Å². The number of amides is 1. The first-order valence-corrected chi connectivity index (χ1v) is 8.57. The van der Waals surface area contributed by atoms with Gasteiger partial charge in [-0.05, 0) is 45.4 Å². The minimum atomic E-state index is -1.37. The Morgan fingerprint density at radius 3 is 2.63 bits per heavy atom. The number of ketones is 1. The Hall–Kier alpha value is -3.00. The van der Waals surface area contributed by atoms with E-state index in [4.69, 9.17) is 16.3 Å². The number of benzene rings is 1. The number of anilines is 1. The van der Waals surface area contributed by atoms with E-state index in [-0.39, 0.29) is 5.88 Å². The Morgan fingerprint density at radius 1 is 1.19 bits per heavy atom. The average Bonchev–Trinajstić information content (AvgIpc) is 2.96. The molecule has 0 saturated heterocycles. The molecule has 1 unspecified atom stereocenters. The van der Waals surface area contributed by atoms with Crippen molar-refractivity contribution in [2.24, 2.45) is 0 Å². The van der Waals surface area contributed by atoms with Crippen LogP contribution in [-0.4, -0.2) is 37.4 Å². The van der Waals surface area contributed by atoms with E-state index in [1.807, 2.05) is 13.0 Å². The molecule has 2 aromatic heterocycles. The lowest BCUT2D eigenvalue weighted by molar-refractivity contribution is -0.133. The van der Waals surface area contributed by atoms with Crippen molar-refractivity contribution in [3.8, 4) is 5.88 Å². The van der Waals surface area contributed by atoms with Gasteiger partial charge in [-0.2, -0.15) is 0 Å². The SMILES string of the molecule is CC(=O)C(Oc1cc(C)nc2nnc(C)n12)C(=O)Nc1cc(C)ccc1Cl. The normalized spacial score (nSPS) is 12.0. The van der Waals surface area contributed by atoms with Gasteiger partial charge in [0.1, 0.15) is 5.82 Å². The quantitative estimate of drug-likeness (QED) is 0.676. The zero-order valence-corrected chi connectivity index (χ0v) is 16.0. The van der Waals surface area contributed by atoms with Crippen molar-refractivity contribution in [3.05, 3.63) is 46.4 Å². The van der Waals surface area contributed by atoms with Gasteiger partial charge in [0.05, 0.1) is 10.7 Å². The van der Waals surface area contributed by atoms with Crippen LogP contribution in [0.2, 0.25) is 5.02 Å². The molecule has 0 aliphatic rings. The molecule has 0 fully saturated rings. The second kappa shape index (κ2) is 7.32. The molecule has 0 radical (unpaired) electrons. The number of rotatable bonds is 5. The van der Waals surface area contributed by atoms with E-state index in [2.05, 4.69) is 20.5 Å². The Bertz CT molecular complexity index is 1050. The molecule has 0 spiro atoms. The summed E-state index contributed by atoms with van der Waals surface area (Å²) in [5.41, 5.74) is 1.95. The highest BCUT2D eigenvalue weighted by Crippen LogP contribution is 2.24. The molecule has 1 N–H and O–H groups in total. The third kappa shape index (κ3) is 3.90. The van der Waals surface area contributed by atoms with Gasteiger partial charge in [0.15, 0.2) is 5.78 Å². The summed E-state index contributed by atoms with van der Waals surface area (Å²) in [5, 5.41) is 10.9. The molecule has 0 aliphatic heterocycles. The topological polar surface area (TPSA) is 98.5 Å². The Kier molecular flexibility index (Phi) is 5.09. The highest BCUT2D eigenvalue weighted by molar-refractivity contribution is 6.34. The van der Waals surface area contributed by atoms with E-state index in [0.717, 1.165) is 5.56 Å². The molecule has 3 aromatic rings. The van der Waals surface area contributed by atoms with Crippen LogP contribution in [0.15, 0.2) is 24.3 Å². The maximum absolute atomic E-state index is 12.7. The summed E-state index contributed by atoms with van der Waals surface area (Å²) in [6.45, 7) is 6.63. The lowest BCUT2D eigenvalue weighted by Gasteiger charge is -2.18. The van der Waals surface area contributed by atoms with E-state index in [1.54, 1.807) is 32.0 Å². The lowest BCUT2D eigenvalue weighted by Crippen LogP contribution is -2.39. The molecule has 1 amide bonds. The molecule has 0 bridgehead atoms. The smallest absolute Gasteiger partial charge is 0.273 e. The predicted molar refractivity (Wildman–Crippen MR) is 100 cm³/mol. The van der Waals surface area contributed by atoms with E-state index in [0.29, 0.717) is 28.0 Å². The Balaban J connectivity index is 1.93. The first-order chi connectivity index (χ1) is 12.8. The number of nitrogens with zero attached hydrogens (tertiary/aromatic N) is 4. The third-order valence-electron chi connectivity index (χ3n) is 3.86. The molecule has 1 atom stereocenters. The number of ether oxygens (including phenoxy) is 1. The molecule has 0 aliphatic carbocycles. The second-order valence-corrected chi connectivity index (χ2v) is 6.61. The van der Waals surface area contributed by atoms with Gasteiger partial charge in [0.2, 0.25) is 12.0 Å². The molecule has 140 valence electrons. The van der Waals surface area contributed by atoms with E-state index >= 15 is 0 Å². The summed E-state index contributed by atoms with van der Waals surface area (Å²) >= 11 is 6.12. The minimum Gasteiger partial charge on any atom is -0.457 e. The third-order valence-corrected chi connectivity index (χ3v) is 4.19. The highest BCUT2D eigenvalue weighted by Gasteiger charge is 2.28. The van der Waals surface area contributed by atoms with Crippen molar-refractivity contribution in [2.75, 3.05) is 5.32 Å². The molecule has 1 aromatic carbocycles. The Morgan fingerprint density at radius 2 is 1.93 bits per heavy atom. The first kappa shape index (κ1) is 18.8. The average molecular weight is 388 g/mol. The summed E-state index contributed by atoms with van der Waals surface area (Å²) in [6, 6.07) is 6.83. The predicted octanol–water partition coefficient (Wildman–Crippen LogP) is 2.68. The van der Waals surface area contributed by atoms with Gasteiger partial charge in [0, 0.05) is 11.8 Å². The highest BCUT2D eigenvalue weighted by atomic mass is 35.5. The number of aromatic nitrogens is 4. The fraction of sp³-hybridized carbons (Fsp3) is 0.278. The van der Waals surface area contributed by atoms with E-state index in [1.165, 1.54) is 11.3 Å². The van der Waals surface area contributed by atoms with Crippen LogP contribution in [0.1, 0.15) is 24.0 Å². The van der Waals surface area contributed by atoms with Crippen LogP contribution in [0.25, 0.3) is 5.78 Å². The lowest BCUT2D eigenvalue weighted by atomic mass is 10.2. The van der Waals surface area contributed by atoms with Crippen LogP contribution >= 0.6 is 11.6 Å². The van der Waals surface area contributed by atoms with Gasteiger partial charge in [-0.3, -0.25) is 9.59 Å². The van der Waals surface area contributed by atoms with Crippen LogP contribution in [-0.2, 0) is 9.59 Å². The molecular formula is C18H18ClN5O3. The van der Waals surface area contributed by atoms with Crippen molar-refractivity contribution in [1.82, 2.24) is 19.6 Å². The zero-order valence-electron chi connectivity index (χ0n) is 15.3. The van der Waals surface area contributed by atoms with Crippen LogP contribution < -0.4 is 10.1 Å². The molecule has 8 nitrogen and oxygen atoms in total. The summed E-state index contributed by atoms with van der Waals surface area (Å²) < 4.78 is 7.29. The van der Waals surface area contributed by atoms with Crippen molar-refractivity contribution >= 4 is 34.8 Å². The molecule has 2 heterocycles. The number of fused-ring (bicyclic) bond motifs is 1. The van der Waals surface area contributed by atoms with E-state index < -0.39 is 17.8 Å². The van der Waals surface area contributed by atoms with E-state index in [9.17, 15) is 9.59 Å². The number of halogens is 1. The van der Waals surface area contributed by atoms with Crippen molar-refractivity contribution < 1.29 is 14.3 Å². The van der Waals surface area contributed by atoms with Crippen LogP contribution in [0.5, 0.6) is 5.88 Å². The number of carbonyl (C=O) groups is 2. The number of nitrogens with one attached hydrogen (secondary N) is 1. The fourth-order valence-corrected chi connectivity index (χ4v) is 2.74. The standard InChI is InChI=1S/C18H18ClN5O3/c1-9-5-6-13(19)14(7-9)21-17(26)16(11(3)25)27-15-8-10(2)20-18-23-22-12(4)24(15)18/h5-8,16H,1-4H3,(H,21,26). The number of carbonyl (C=O) groups excluding carboxylic acids is 2. The summed E-state index contributed by atoms with van der Waals surface area (Å²) in [4.78, 5) is 29.0. The minimum absolute atomic E-state index is 0.255. The van der Waals surface area contributed by atoms with Gasteiger partial charge in [-0.15, -0.1) is 10.2 Å². The molecule has 9 heteroatoms. The Labute approximate surface area is 160 Å². The van der Waals surface area contributed by atoms with Crippen molar-refractivity contribution in [3.63, 3.8) is 0 Å². The zero-order chi connectivity index (χ0) is 19.7. The maximum atomic E-state index is 12.7. The number of hydrogen-bond acceptors (Lipinski definition) is 6. The fourth-order valence-electron chi connectivity index (χ4n) is 2.58. The number of aryl methyl sites for hydroxylation is 3. The molecular weight excluding hydrogens is 370 g/mol. The van der Waals surface area contributed by atoms with Gasteiger partial charge in [-0.25, -0.2) is 9.38 Å². The van der Waals surface area contributed by atoms with Gasteiger partial charge in [-0.1, -0.05) is 17.7 Å². The monoisotopic (exact) mass is 387 g/mol. The molecule has 27 heavy (non-hydrogen) atoms. The van der Waals surface area contributed by atoms with Crippen molar-refractivity contribution in [2.45, 2.75) is 33.8 Å². The number of Topliss-reactive ketones (excluding diaryl/α,β-unsaturated/α-hetero) is 1. The first-order valence-electron chi connectivity index (χ1n) is 8.20. The summed E-state index contributed by atoms with van der Waals surface area (Å²) in [6.07, 6.45) is -1.37.